The number of nitrogens with zero attached hydrogens (tertiary/aromatic N) is 1. The summed E-state index contributed by atoms with van der Waals surface area (Å²) in [5, 5.41) is 23.5. The largest absolute Gasteiger partial charge is 0.480 e. The molecule has 0 spiro atoms. The zero-order chi connectivity index (χ0) is 19.1. The van der Waals surface area contributed by atoms with Gasteiger partial charge in [-0.2, -0.15) is 0 Å². The first-order valence-corrected chi connectivity index (χ1v) is 7.88. The van der Waals surface area contributed by atoms with Gasteiger partial charge in [-0.05, 0) is 12.8 Å². The average Bonchev–Trinajstić information content (AvgIpc) is 3.02. The molecule has 1 aromatic rings. The molecule has 1 aromatic heterocycles. The number of nitrogens with one attached hydrogen (secondary N) is 3. The monoisotopic (exact) mass is 355 g/mol. The fourth-order valence-electron chi connectivity index (χ4n) is 2.08. The van der Waals surface area contributed by atoms with Crippen molar-refractivity contribution in [3.8, 4) is 0 Å². The van der Waals surface area contributed by atoms with Crippen LogP contribution in [0.5, 0.6) is 0 Å². The Kier molecular flexibility index (Phi) is 7.52. The van der Waals surface area contributed by atoms with Gasteiger partial charge in [-0.15, -0.1) is 0 Å². The molecular formula is C15H25N5O5. The van der Waals surface area contributed by atoms with Gasteiger partial charge < -0.3 is 31.6 Å². The Bertz CT molecular complexity index is 587. The quantitative estimate of drug-likeness (QED) is 0.309. The van der Waals surface area contributed by atoms with Crippen LogP contribution in [0, 0.1) is 5.92 Å². The molecule has 0 bridgehead atoms. The highest BCUT2D eigenvalue weighted by molar-refractivity contribution is 5.92. The van der Waals surface area contributed by atoms with Crippen LogP contribution in [-0.4, -0.2) is 62.2 Å². The third-order valence-electron chi connectivity index (χ3n) is 3.66. The minimum atomic E-state index is -1.21. The lowest BCUT2D eigenvalue weighted by molar-refractivity contribution is -0.143. The lowest BCUT2D eigenvalue weighted by Gasteiger charge is -2.24. The molecule has 0 aliphatic rings. The van der Waals surface area contributed by atoms with E-state index >= 15 is 0 Å². The number of aromatic nitrogens is 2. The highest BCUT2D eigenvalue weighted by Crippen LogP contribution is 2.05. The SMILES string of the molecule is CC(C)C(NC(=O)C(Cc1cnc[nH]1)NC(=O)C(N)C(C)O)C(=O)O. The van der Waals surface area contributed by atoms with Gasteiger partial charge in [0.25, 0.3) is 0 Å². The number of aromatic amines is 1. The van der Waals surface area contributed by atoms with Crippen LogP contribution in [0.1, 0.15) is 26.5 Å². The topological polar surface area (TPSA) is 170 Å². The van der Waals surface area contributed by atoms with Crippen LogP contribution in [0.4, 0.5) is 0 Å². The molecule has 0 aliphatic heterocycles. The summed E-state index contributed by atoms with van der Waals surface area (Å²) in [5.41, 5.74) is 6.14. The summed E-state index contributed by atoms with van der Waals surface area (Å²) in [6.07, 6.45) is 1.87. The molecule has 1 rings (SSSR count). The van der Waals surface area contributed by atoms with Gasteiger partial charge in [0, 0.05) is 18.3 Å². The molecule has 0 aromatic carbocycles. The van der Waals surface area contributed by atoms with E-state index in [1.807, 2.05) is 0 Å². The van der Waals surface area contributed by atoms with Crippen molar-refractivity contribution in [3.63, 3.8) is 0 Å². The van der Waals surface area contributed by atoms with Crippen molar-refractivity contribution in [3.05, 3.63) is 18.2 Å². The Morgan fingerprint density at radius 3 is 2.32 bits per heavy atom. The highest BCUT2D eigenvalue weighted by atomic mass is 16.4. The Balaban J connectivity index is 2.91. The van der Waals surface area contributed by atoms with Crippen molar-refractivity contribution >= 4 is 17.8 Å². The minimum Gasteiger partial charge on any atom is -0.480 e. The van der Waals surface area contributed by atoms with Crippen LogP contribution in [0.25, 0.3) is 0 Å². The van der Waals surface area contributed by atoms with Gasteiger partial charge >= 0.3 is 5.97 Å². The van der Waals surface area contributed by atoms with E-state index in [0.717, 1.165) is 0 Å². The van der Waals surface area contributed by atoms with Gasteiger partial charge in [0.15, 0.2) is 0 Å². The van der Waals surface area contributed by atoms with Gasteiger partial charge in [0.2, 0.25) is 11.8 Å². The van der Waals surface area contributed by atoms with E-state index in [4.69, 9.17) is 5.73 Å². The number of aliphatic hydroxyl groups excluding tert-OH is 1. The van der Waals surface area contributed by atoms with Crippen LogP contribution in [0.15, 0.2) is 12.5 Å². The van der Waals surface area contributed by atoms with Crippen LogP contribution < -0.4 is 16.4 Å². The summed E-state index contributed by atoms with van der Waals surface area (Å²) < 4.78 is 0. The van der Waals surface area contributed by atoms with Gasteiger partial charge in [-0.25, -0.2) is 9.78 Å². The average molecular weight is 355 g/mol. The van der Waals surface area contributed by atoms with Crippen LogP contribution >= 0.6 is 0 Å². The minimum absolute atomic E-state index is 0.0640. The summed E-state index contributed by atoms with van der Waals surface area (Å²) in [4.78, 5) is 42.5. The molecule has 2 amide bonds. The summed E-state index contributed by atoms with van der Waals surface area (Å²) in [5.74, 6) is -2.90. The van der Waals surface area contributed by atoms with Crippen molar-refractivity contribution in [2.45, 2.75) is 51.4 Å². The zero-order valence-electron chi connectivity index (χ0n) is 14.4. The third kappa shape index (κ3) is 6.16. The Morgan fingerprint density at radius 2 is 1.88 bits per heavy atom. The second kappa shape index (κ2) is 9.14. The molecule has 10 nitrogen and oxygen atoms in total. The van der Waals surface area contributed by atoms with Crippen LogP contribution in [0.2, 0.25) is 0 Å². The number of nitrogens with two attached hydrogens (primary N) is 1. The summed E-state index contributed by atoms with van der Waals surface area (Å²) >= 11 is 0. The highest BCUT2D eigenvalue weighted by Gasteiger charge is 2.30. The van der Waals surface area contributed by atoms with Crippen molar-refractivity contribution in [2.24, 2.45) is 11.7 Å². The standard InChI is InChI=1S/C15H25N5O5/c1-7(2)12(15(24)25)20-13(22)10(4-9-5-17-6-18-9)19-14(23)11(16)8(3)21/h5-8,10-12,21H,4,16H2,1-3H3,(H,17,18)(H,19,23)(H,20,22)(H,24,25). The summed E-state index contributed by atoms with van der Waals surface area (Å²) in [6, 6.07) is -3.38. The molecule has 140 valence electrons. The van der Waals surface area contributed by atoms with Gasteiger partial charge in [-0.1, -0.05) is 13.8 Å². The molecule has 1 heterocycles. The predicted octanol–water partition coefficient (Wildman–Crippen LogP) is -1.63. The zero-order valence-corrected chi connectivity index (χ0v) is 14.4. The number of amides is 2. The number of carbonyl (C=O) groups is 3. The van der Waals surface area contributed by atoms with E-state index < -0.39 is 42.0 Å². The normalized spacial score (nSPS) is 15.9. The van der Waals surface area contributed by atoms with E-state index in [-0.39, 0.29) is 12.3 Å². The van der Waals surface area contributed by atoms with Gasteiger partial charge in [0.05, 0.1) is 12.4 Å². The number of hydrogen-bond acceptors (Lipinski definition) is 6. The molecule has 0 aliphatic carbocycles. The van der Waals surface area contributed by atoms with E-state index in [2.05, 4.69) is 20.6 Å². The second-order valence-electron chi connectivity index (χ2n) is 6.18. The predicted molar refractivity (Wildman–Crippen MR) is 88.3 cm³/mol. The lowest BCUT2D eigenvalue weighted by Crippen LogP contribution is -2.57. The number of imidazole rings is 1. The molecule has 4 atom stereocenters. The maximum Gasteiger partial charge on any atom is 0.326 e. The second-order valence-corrected chi connectivity index (χ2v) is 6.18. The molecule has 10 heteroatoms. The van der Waals surface area contributed by atoms with E-state index in [1.54, 1.807) is 13.8 Å². The molecule has 4 unspecified atom stereocenters. The first-order chi connectivity index (χ1) is 11.6. The first kappa shape index (κ1) is 20.6. The van der Waals surface area contributed by atoms with Crippen molar-refractivity contribution in [1.82, 2.24) is 20.6 Å². The van der Waals surface area contributed by atoms with Crippen molar-refractivity contribution in [1.29, 1.82) is 0 Å². The molecule has 0 saturated carbocycles. The van der Waals surface area contributed by atoms with E-state index in [1.165, 1.54) is 19.4 Å². The third-order valence-corrected chi connectivity index (χ3v) is 3.66. The van der Waals surface area contributed by atoms with Crippen molar-refractivity contribution < 1.29 is 24.6 Å². The maximum atomic E-state index is 12.5. The van der Waals surface area contributed by atoms with Crippen molar-refractivity contribution in [2.75, 3.05) is 0 Å². The number of aliphatic hydroxyl groups is 1. The lowest BCUT2D eigenvalue weighted by atomic mass is 10.0. The summed E-state index contributed by atoms with van der Waals surface area (Å²) in [7, 11) is 0. The Morgan fingerprint density at radius 1 is 1.24 bits per heavy atom. The fourth-order valence-corrected chi connectivity index (χ4v) is 2.08. The molecular weight excluding hydrogens is 330 g/mol. The molecule has 7 N–H and O–H groups in total. The smallest absolute Gasteiger partial charge is 0.326 e. The van der Waals surface area contributed by atoms with Gasteiger partial charge in [0.1, 0.15) is 18.1 Å². The Labute approximate surface area is 145 Å². The number of carboxylic acids is 1. The number of H-pyrrole nitrogens is 1. The molecule has 0 radical (unpaired) electrons. The van der Waals surface area contributed by atoms with E-state index in [0.29, 0.717) is 5.69 Å². The summed E-state index contributed by atoms with van der Waals surface area (Å²) in [6.45, 7) is 4.67. The van der Waals surface area contributed by atoms with Crippen LogP contribution in [-0.2, 0) is 20.8 Å². The number of rotatable bonds is 9. The Hall–Kier alpha value is -2.46. The number of carboxylic acid groups (broad SMARTS) is 1. The molecule has 25 heavy (non-hydrogen) atoms. The molecule has 0 saturated heterocycles. The number of hydrogen-bond donors (Lipinski definition) is 6. The number of aliphatic carboxylic acids is 1. The van der Waals surface area contributed by atoms with Crippen LogP contribution in [0.3, 0.4) is 0 Å². The fraction of sp³-hybridized carbons (Fsp3) is 0.600. The maximum absolute atomic E-state index is 12.5. The number of carbonyl (C=O) groups excluding carboxylic acids is 2. The first-order valence-electron chi connectivity index (χ1n) is 7.88. The molecule has 0 fully saturated rings. The van der Waals surface area contributed by atoms with Gasteiger partial charge in [-0.3, -0.25) is 9.59 Å². The van der Waals surface area contributed by atoms with E-state index in [9.17, 15) is 24.6 Å².